The van der Waals surface area contributed by atoms with Crippen LogP contribution >= 0.6 is 0 Å². The van der Waals surface area contributed by atoms with Gasteiger partial charge in [-0.25, -0.2) is 4.79 Å². The Bertz CT molecular complexity index is 1510. The molecule has 0 bridgehead atoms. The number of ether oxygens (including phenoxy) is 3. The number of hydrogen-bond donors (Lipinski definition) is 1. The number of morpholine rings is 1. The first-order chi connectivity index (χ1) is 20.8. The Morgan fingerprint density at radius 3 is 2.28 bits per heavy atom. The second kappa shape index (κ2) is 14.0. The fourth-order valence-corrected chi connectivity index (χ4v) is 5.16. The van der Waals surface area contributed by atoms with Crippen LogP contribution in [0.1, 0.15) is 52.7 Å². The third-order valence-corrected chi connectivity index (χ3v) is 7.76. The number of fused-ring (bicyclic) bond motifs is 1. The van der Waals surface area contributed by atoms with Gasteiger partial charge in [-0.05, 0) is 50.1 Å². The highest BCUT2D eigenvalue weighted by molar-refractivity contribution is 6.11. The Hall–Kier alpha value is -3.98. The summed E-state index contributed by atoms with van der Waals surface area (Å²) in [5, 5.41) is 0.643. The third-order valence-electron chi connectivity index (χ3n) is 7.76. The predicted molar refractivity (Wildman–Crippen MR) is 168 cm³/mol. The number of nitrogens with zero attached hydrogens (tertiary/aromatic N) is 2. The molecule has 0 aliphatic carbocycles. The van der Waals surface area contributed by atoms with Crippen molar-refractivity contribution in [1.82, 2.24) is 14.8 Å². The SMILES string of the molecule is CC(C)(C)N(CC(=O)c1ccc(OCc2ccccc2)c2[nH]c(C(=O)OCCN3CCOCC3)cc12)Cc1ccccc1. The number of carbonyl (C=O) groups is 2. The number of ketones is 1. The lowest BCUT2D eigenvalue weighted by molar-refractivity contribution is 0.0193. The molecule has 43 heavy (non-hydrogen) atoms. The average Bonchev–Trinajstić information content (AvgIpc) is 3.47. The van der Waals surface area contributed by atoms with Gasteiger partial charge < -0.3 is 19.2 Å². The zero-order chi connectivity index (χ0) is 30.2. The predicted octanol–water partition coefficient (Wildman–Crippen LogP) is 5.72. The van der Waals surface area contributed by atoms with Crippen molar-refractivity contribution in [3.05, 3.63) is 101 Å². The Morgan fingerprint density at radius 2 is 1.60 bits per heavy atom. The summed E-state index contributed by atoms with van der Waals surface area (Å²) in [5.74, 6) is 0.0775. The van der Waals surface area contributed by atoms with Gasteiger partial charge in [0.2, 0.25) is 0 Å². The molecule has 1 saturated heterocycles. The maximum absolute atomic E-state index is 13.9. The van der Waals surface area contributed by atoms with Gasteiger partial charge in [-0.1, -0.05) is 60.7 Å². The van der Waals surface area contributed by atoms with Crippen molar-refractivity contribution in [2.24, 2.45) is 0 Å². The van der Waals surface area contributed by atoms with E-state index in [0.717, 1.165) is 24.2 Å². The first-order valence-electron chi connectivity index (χ1n) is 14.9. The number of esters is 1. The maximum atomic E-state index is 13.9. The van der Waals surface area contributed by atoms with E-state index in [-0.39, 0.29) is 24.5 Å². The Morgan fingerprint density at radius 1 is 0.930 bits per heavy atom. The highest BCUT2D eigenvalue weighted by Gasteiger charge is 2.26. The molecule has 0 saturated carbocycles. The van der Waals surface area contributed by atoms with E-state index in [2.05, 4.69) is 47.7 Å². The van der Waals surface area contributed by atoms with Crippen molar-refractivity contribution in [2.45, 2.75) is 39.5 Å². The van der Waals surface area contributed by atoms with Crippen molar-refractivity contribution in [2.75, 3.05) is 46.0 Å². The molecule has 3 aromatic carbocycles. The molecule has 5 rings (SSSR count). The number of aromatic nitrogens is 1. The largest absolute Gasteiger partial charge is 0.487 e. The monoisotopic (exact) mass is 583 g/mol. The smallest absolute Gasteiger partial charge is 0.354 e. The van der Waals surface area contributed by atoms with Crippen LogP contribution < -0.4 is 4.74 Å². The number of Topliss-reactive ketones (excluding diaryl/α,β-unsaturated/α-hetero) is 1. The zero-order valence-electron chi connectivity index (χ0n) is 25.3. The lowest BCUT2D eigenvalue weighted by Crippen LogP contribution is -2.43. The molecular formula is C35H41N3O5. The topological polar surface area (TPSA) is 84.1 Å². The van der Waals surface area contributed by atoms with Crippen molar-refractivity contribution in [3.63, 3.8) is 0 Å². The van der Waals surface area contributed by atoms with Crippen molar-refractivity contribution >= 4 is 22.7 Å². The maximum Gasteiger partial charge on any atom is 0.354 e. The summed E-state index contributed by atoms with van der Waals surface area (Å²) < 4.78 is 17.2. The minimum atomic E-state index is -0.461. The molecular weight excluding hydrogens is 542 g/mol. The fraction of sp³-hybridized carbons (Fsp3) is 0.371. The summed E-state index contributed by atoms with van der Waals surface area (Å²) >= 11 is 0. The van der Waals surface area contributed by atoms with E-state index in [4.69, 9.17) is 14.2 Å². The van der Waals surface area contributed by atoms with Crippen molar-refractivity contribution in [3.8, 4) is 5.75 Å². The number of benzene rings is 3. The first kappa shape index (κ1) is 30.5. The average molecular weight is 584 g/mol. The molecule has 1 aliphatic rings. The van der Waals surface area contributed by atoms with Gasteiger partial charge in [0.05, 0.1) is 25.3 Å². The quantitative estimate of drug-likeness (QED) is 0.169. The van der Waals surface area contributed by atoms with Gasteiger partial charge >= 0.3 is 5.97 Å². The Balaban J connectivity index is 1.39. The van der Waals surface area contributed by atoms with Gasteiger partial charge in [-0.2, -0.15) is 0 Å². The lowest BCUT2D eigenvalue weighted by atomic mass is 10.0. The molecule has 0 atom stereocenters. The molecule has 8 heteroatoms. The summed E-state index contributed by atoms with van der Waals surface area (Å²) in [5.41, 5.74) is 3.35. The van der Waals surface area contributed by atoms with Gasteiger partial charge in [0.15, 0.2) is 5.78 Å². The van der Waals surface area contributed by atoms with Gasteiger partial charge in [-0.3, -0.25) is 14.6 Å². The number of carbonyl (C=O) groups excluding carboxylic acids is 2. The molecule has 4 aromatic rings. The van der Waals surface area contributed by atoms with E-state index in [0.29, 0.717) is 60.8 Å². The van der Waals surface area contributed by atoms with Gasteiger partial charge in [-0.15, -0.1) is 0 Å². The van der Waals surface area contributed by atoms with Crippen LogP contribution in [0.25, 0.3) is 10.9 Å². The number of rotatable bonds is 12. The molecule has 1 N–H and O–H groups in total. The second-order valence-electron chi connectivity index (χ2n) is 11.9. The fourth-order valence-electron chi connectivity index (χ4n) is 5.16. The molecule has 1 fully saturated rings. The summed E-state index contributed by atoms with van der Waals surface area (Å²) in [6.07, 6.45) is 0. The first-order valence-corrected chi connectivity index (χ1v) is 14.9. The van der Waals surface area contributed by atoms with E-state index in [9.17, 15) is 9.59 Å². The molecule has 226 valence electrons. The third kappa shape index (κ3) is 8.10. The summed E-state index contributed by atoms with van der Waals surface area (Å²) in [4.78, 5) is 34.6. The van der Waals surface area contributed by atoms with Crippen LogP contribution in [0.4, 0.5) is 0 Å². The molecule has 0 spiro atoms. The van der Waals surface area contributed by atoms with Gasteiger partial charge in [0, 0.05) is 42.7 Å². The highest BCUT2D eigenvalue weighted by atomic mass is 16.5. The van der Waals surface area contributed by atoms with E-state index in [1.807, 2.05) is 48.5 Å². The van der Waals surface area contributed by atoms with Crippen LogP contribution in [0.5, 0.6) is 5.75 Å². The van der Waals surface area contributed by atoms with Crippen LogP contribution in [0.3, 0.4) is 0 Å². The highest BCUT2D eigenvalue weighted by Crippen LogP contribution is 2.31. The summed E-state index contributed by atoms with van der Waals surface area (Å²) in [7, 11) is 0. The molecule has 0 unspecified atom stereocenters. The number of nitrogens with one attached hydrogen (secondary N) is 1. The Labute approximate surface area is 253 Å². The van der Waals surface area contributed by atoms with E-state index in [1.165, 1.54) is 0 Å². The van der Waals surface area contributed by atoms with Crippen LogP contribution in [0, 0.1) is 0 Å². The number of H-pyrrole nitrogens is 1. The number of aromatic amines is 1. The standard InChI is InChI=1S/C35H41N3O5/c1-35(2,3)38(23-26-10-6-4-7-11-26)24-31(39)28-14-15-32(43-25-27-12-8-5-9-13-27)33-29(28)22-30(36-33)34(40)42-21-18-37-16-19-41-20-17-37/h4-15,22,36H,16-21,23-25H2,1-3H3. The van der Waals surface area contributed by atoms with E-state index < -0.39 is 5.97 Å². The summed E-state index contributed by atoms with van der Waals surface area (Å²) in [6.45, 7) is 11.5. The van der Waals surface area contributed by atoms with Gasteiger partial charge in [0.1, 0.15) is 24.7 Å². The second-order valence-corrected chi connectivity index (χ2v) is 11.9. The van der Waals surface area contributed by atoms with E-state index >= 15 is 0 Å². The minimum absolute atomic E-state index is 0.0308. The number of hydrogen-bond acceptors (Lipinski definition) is 7. The molecule has 1 aliphatic heterocycles. The van der Waals surface area contributed by atoms with Crippen LogP contribution in [-0.2, 0) is 22.6 Å². The zero-order valence-corrected chi connectivity index (χ0v) is 25.3. The molecule has 0 amide bonds. The van der Waals surface area contributed by atoms with Gasteiger partial charge in [0.25, 0.3) is 0 Å². The van der Waals surface area contributed by atoms with Crippen LogP contribution in [0.2, 0.25) is 0 Å². The molecule has 0 radical (unpaired) electrons. The molecule has 8 nitrogen and oxygen atoms in total. The summed E-state index contributed by atoms with van der Waals surface area (Å²) in [6, 6.07) is 25.4. The van der Waals surface area contributed by atoms with Crippen LogP contribution in [0.15, 0.2) is 78.9 Å². The molecule has 2 heterocycles. The van der Waals surface area contributed by atoms with Crippen molar-refractivity contribution in [1.29, 1.82) is 0 Å². The minimum Gasteiger partial charge on any atom is -0.487 e. The van der Waals surface area contributed by atoms with E-state index in [1.54, 1.807) is 18.2 Å². The molecule has 1 aromatic heterocycles. The lowest BCUT2D eigenvalue weighted by Gasteiger charge is -2.35. The van der Waals surface area contributed by atoms with Crippen LogP contribution in [-0.4, -0.2) is 78.1 Å². The Kier molecular flexibility index (Phi) is 9.92. The normalized spacial score (nSPS) is 14.2. The van der Waals surface area contributed by atoms with Crippen molar-refractivity contribution < 1.29 is 23.8 Å².